The second-order valence-electron chi connectivity index (χ2n) is 6.55. The first kappa shape index (κ1) is 15.4. The second-order valence-corrected chi connectivity index (χ2v) is 6.55. The molecular formula is C21H24N2. The van der Waals surface area contributed by atoms with Gasteiger partial charge in [-0.3, -0.25) is 0 Å². The lowest BCUT2D eigenvalue weighted by Crippen LogP contribution is -2.37. The summed E-state index contributed by atoms with van der Waals surface area (Å²) in [6, 6.07) is 19.2. The Bertz CT molecular complexity index is 714. The van der Waals surface area contributed by atoms with Crippen molar-refractivity contribution in [3.05, 3.63) is 84.6 Å². The summed E-state index contributed by atoms with van der Waals surface area (Å²) in [7, 11) is 2.18. The first-order chi connectivity index (χ1) is 11.1. The highest BCUT2D eigenvalue weighted by Crippen LogP contribution is 2.44. The van der Waals surface area contributed by atoms with Crippen LogP contribution in [-0.4, -0.2) is 13.1 Å². The fourth-order valence-electron chi connectivity index (χ4n) is 3.39. The second kappa shape index (κ2) is 6.33. The molecule has 2 heteroatoms. The van der Waals surface area contributed by atoms with E-state index in [4.69, 9.17) is 0 Å². The minimum Gasteiger partial charge on any atom is -0.367 e. The predicted octanol–water partition coefficient (Wildman–Crippen LogP) is 4.96. The Morgan fingerprint density at radius 3 is 2.39 bits per heavy atom. The van der Waals surface area contributed by atoms with Gasteiger partial charge < -0.3 is 10.2 Å². The predicted molar refractivity (Wildman–Crippen MR) is 100 cm³/mol. The molecule has 1 aliphatic heterocycles. The van der Waals surface area contributed by atoms with Gasteiger partial charge in [0.2, 0.25) is 0 Å². The summed E-state index contributed by atoms with van der Waals surface area (Å²) in [6.45, 7) is 4.63. The Hall–Kier alpha value is -2.48. The van der Waals surface area contributed by atoms with Crippen LogP contribution in [0, 0.1) is 0 Å². The third kappa shape index (κ3) is 3.02. The van der Waals surface area contributed by atoms with Crippen LogP contribution in [0.2, 0.25) is 0 Å². The summed E-state index contributed by atoms with van der Waals surface area (Å²) in [5.41, 5.74) is 3.97. The topological polar surface area (TPSA) is 15.3 Å². The average Bonchev–Trinajstić information content (AvgIpc) is 2.76. The van der Waals surface area contributed by atoms with Gasteiger partial charge >= 0.3 is 0 Å². The third-order valence-corrected chi connectivity index (χ3v) is 4.66. The normalized spacial score (nSPS) is 19.4. The van der Waals surface area contributed by atoms with Gasteiger partial charge in [-0.1, -0.05) is 62.4 Å². The Kier molecular flexibility index (Phi) is 4.24. The number of fused-ring (bicyclic) bond motifs is 1. The van der Waals surface area contributed by atoms with E-state index in [2.05, 4.69) is 85.7 Å². The van der Waals surface area contributed by atoms with E-state index in [0.717, 1.165) is 5.69 Å². The van der Waals surface area contributed by atoms with Crippen LogP contribution in [0.1, 0.15) is 19.4 Å². The van der Waals surface area contributed by atoms with E-state index < -0.39 is 0 Å². The van der Waals surface area contributed by atoms with Crippen molar-refractivity contribution in [1.82, 2.24) is 0 Å². The van der Waals surface area contributed by atoms with Crippen LogP contribution in [-0.2, 0) is 5.41 Å². The lowest BCUT2D eigenvalue weighted by molar-refractivity contribution is 0.488. The molecule has 1 N–H and O–H groups in total. The number of benzene rings is 2. The van der Waals surface area contributed by atoms with Crippen molar-refractivity contribution in [2.24, 2.45) is 0 Å². The van der Waals surface area contributed by atoms with E-state index in [1.807, 2.05) is 24.4 Å². The zero-order valence-corrected chi connectivity index (χ0v) is 14.0. The van der Waals surface area contributed by atoms with E-state index >= 15 is 0 Å². The van der Waals surface area contributed by atoms with E-state index in [9.17, 15) is 0 Å². The number of nitrogens with zero attached hydrogens (tertiary/aromatic N) is 1. The molecule has 3 rings (SSSR count). The summed E-state index contributed by atoms with van der Waals surface area (Å²) in [4.78, 5) is 2.37. The largest absolute Gasteiger partial charge is 0.367 e. The van der Waals surface area contributed by atoms with Crippen LogP contribution in [0.25, 0.3) is 0 Å². The van der Waals surface area contributed by atoms with Crippen LogP contribution in [0.4, 0.5) is 11.4 Å². The molecule has 1 unspecified atom stereocenters. The van der Waals surface area contributed by atoms with Crippen molar-refractivity contribution in [3.8, 4) is 0 Å². The Balaban J connectivity index is 1.68. The number of anilines is 2. The monoisotopic (exact) mass is 304 g/mol. The Morgan fingerprint density at radius 2 is 1.65 bits per heavy atom. The maximum absolute atomic E-state index is 3.27. The van der Waals surface area contributed by atoms with Crippen molar-refractivity contribution in [2.75, 3.05) is 17.3 Å². The molecule has 0 saturated carbocycles. The standard InChI is InChI=1S/C21H24N2/c1-21(2)18-13-7-8-14-19(18)23(3)20(21)15-9-10-16-22-17-11-5-4-6-12-17/h4-16,20,22H,1-3H3. The van der Waals surface area contributed by atoms with Gasteiger partial charge in [-0.25, -0.2) is 0 Å². The van der Waals surface area contributed by atoms with E-state index in [1.165, 1.54) is 11.3 Å². The quantitative estimate of drug-likeness (QED) is 0.803. The molecule has 118 valence electrons. The Labute approximate surface area is 139 Å². The maximum atomic E-state index is 3.27. The van der Waals surface area contributed by atoms with Crippen LogP contribution in [0.15, 0.2) is 79.0 Å². The number of likely N-dealkylation sites (N-methyl/N-ethyl adjacent to an activating group) is 1. The molecule has 0 amide bonds. The SMILES string of the molecule is CN1c2ccccc2C(C)(C)C1C=CC=CNc1ccccc1. The van der Waals surface area contributed by atoms with Crippen LogP contribution in [0.3, 0.4) is 0 Å². The summed E-state index contributed by atoms with van der Waals surface area (Å²) in [6.07, 6.45) is 8.44. The van der Waals surface area contributed by atoms with Gasteiger partial charge in [-0.2, -0.15) is 0 Å². The molecule has 2 aromatic rings. The molecule has 1 heterocycles. The molecule has 23 heavy (non-hydrogen) atoms. The van der Waals surface area contributed by atoms with Gasteiger partial charge in [0.05, 0.1) is 6.04 Å². The average molecular weight is 304 g/mol. The highest BCUT2D eigenvalue weighted by molar-refractivity contribution is 5.64. The number of hydrogen-bond donors (Lipinski definition) is 1. The molecule has 0 aromatic heterocycles. The molecule has 0 radical (unpaired) electrons. The van der Waals surface area contributed by atoms with Gasteiger partial charge in [0.15, 0.2) is 0 Å². The number of hydrogen-bond acceptors (Lipinski definition) is 2. The number of para-hydroxylation sites is 2. The maximum Gasteiger partial charge on any atom is 0.0565 e. The number of nitrogens with one attached hydrogen (secondary N) is 1. The van der Waals surface area contributed by atoms with Crippen molar-refractivity contribution in [2.45, 2.75) is 25.3 Å². The van der Waals surface area contributed by atoms with Crippen LogP contribution < -0.4 is 10.2 Å². The molecule has 1 aliphatic rings. The van der Waals surface area contributed by atoms with E-state index in [1.54, 1.807) is 0 Å². The minimum absolute atomic E-state index is 0.114. The highest BCUT2D eigenvalue weighted by atomic mass is 15.2. The molecule has 0 fully saturated rings. The first-order valence-electron chi connectivity index (χ1n) is 8.08. The molecule has 2 aromatic carbocycles. The summed E-state index contributed by atoms with van der Waals surface area (Å²) in [5.74, 6) is 0. The zero-order chi connectivity index (χ0) is 16.3. The third-order valence-electron chi connectivity index (χ3n) is 4.66. The van der Waals surface area contributed by atoms with Gasteiger partial charge in [0.25, 0.3) is 0 Å². The number of rotatable bonds is 4. The fourth-order valence-corrected chi connectivity index (χ4v) is 3.39. The Morgan fingerprint density at radius 1 is 0.957 bits per heavy atom. The van der Waals surface area contributed by atoms with Crippen molar-refractivity contribution in [1.29, 1.82) is 0 Å². The molecular weight excluding hydrogens is 280 g/mol. The fraction of sp³-hybridized carbons (Fsp3) is 0.238. The molecule has 0 aliphatic carbocycles. The van der Waals surface area contributed by atoms with Gasteiger partial charge in [0.1, 0.15) is 0 Å². The van der Waals surface area contributed by atoms with Crippen molar-refractivity contribution >= 4 is 11.4 Å². The van der Waals surface area contributed by atoms with Gasteiger partial charge in [-0.05, 0) is 29.8 Å². The lowest BCUT2D eigenvalue weighted by Gasteiger charge is -2.29. The number of allylic oxidation sites excluding steroid dienone is 2. The molecule has 0 spiro atoms. The van der Waals surface area contributed by atoms with E-state index in [-0.39, 0.29) is 5.41 Å². The highest BCUT2D eigenvalue weighted by Gasteiger charge is 2.40. The summed E-state index contributed by atoms with van der Waals surface area (Å²) in [5, 5.41) is 3.27. The zero-order valence-electron chi connectivity index (χ0n) is 14.0. The van der Waals surface area contributed by atoms with E-state index in [0.29, 0.717) is 6.04 Å². The summed E-state index contributed by atoms with van der Waals surface area (Å²) < 4.78 is 0. The lowest BCUT2D eigenvalue weighted by atomic mass is 9.80. The molecule has 2 nitrogen and oxygen atoms in total. The van der Waals surface area contributed by atoms with Crippen LogP contribution >= 0.6 is 0 Å². The molecule has 1 atom stereocenters. The van der Waals surface area contributed by atoms with Crippen LogP contribution in [0.5, 0.6) is 0 Å². The smallest absolute Gasteiger partial charge is 0.0565 e. The molecule has 0 saturated heterocycles. The summed E-state index contributed by atoms with van der Waals surface area (Å²) >= 11 is 0. The van der Waals surface area contributed by atoms with Crippen molar-refractivity contribution < 1.29 is 0 Å². The van der Waals surface area contributed by atoms with Gasteiger partial charge in [0, 0.05) is 30.0 Å². The first-order valence-corrected chi connectivity index (χ1v) is 8.08. The van der Waals surface area contributed by atoms with Gasteiger partial charge in [-0.15, -0.1) is 0 Å². The molecule has 0 bridgehead atoms. The van der Waals surface area contributed by atoms with Crippen molar-refractivity contribution in [3.63, 3.8) is 0 Å². The minimum atomic E-state index is 0.114.